The number of rotatable bonds is 6. The number of nitrogens with one attached hydrogen (secondary N) is 1. The van der Waals surface area contributed by atoms with Crippen molar-refractivity contribution in [1.29, 1.82) is 0 Å². The molecule has 0 radical (unpaired) electrons. The first kappa shape index (κ1) is 19.1. The van der Waals surface area contributed by atoms with Crippen molar-refractivity contribution in [3.63, 3.8) is 0 Å². The Labute approximate surface area is 162 Å². The summed E-state index contributed by atoms with van der Waals surface area (Å²) in [6, 6.07) is 9.94. The monoisotopic (exact) mass is 386 g/mol. The van der Waals surface area contributed by atoms with Crippen LogP contribution in [0.1, 0.15) is 35.0 Å². The lowest BCUT2D eigenvalue weighted by molar-refractivity contribution is -0.136. The number of esters is 1. The number of likely N-dealkylation sites (tertiary alicyclic amines) is 1. The Kier molecular flexibility index (Phi) is 6.24. The third-order valence-electron chi connectivity index (χ3n) is 4.44. The first-order valence-corrected chi connectivity index (χ1v) is 9.86. The topological polar surface area (TPSA) is 75.7 Å². The van der Waals surface area contributed by atoms with Gasteiger partial charge in [-0.15, -0.1) is 11.3 Å². The molecule has 2 aromatic rings. The van der Waals surface area contributed by atoms with Gasteiger partial charge in [0.2, 0.25) is 11.8 Å². The summed E-state index contributed by atoms with van der Waals surface area (Å²) in [5.41, 5.74) is 1.02. The Bertz CT molecular complexity index is 802. The lowest BCUT2D eigenvalue weighted by Crippen LogP contribution is -2.43. The van der Waals surface area contributed by atoms with E-state index in [0.29, 0.717) is 37.2 Å². The molecular weight excluding hydrogens is 364 g/mol. The molecule has 2 amide bonds. The molecule has 0 saturated carbocycles. The van der Waals surface area contributed by atoms with Gasteiger partial charge < -0.3 is 15.0 Å². The van der Waals surface area contributed by atoms with Crippen LogP contribution >= 0.6 is 11.3 Å². The summed E-state index contributed by atoms with van der Waals surface area (Å²) in [6.45, 7) is 2.66. The minimum atomic E-state index is -0.456. The van der Waals surface area contributed by atoms with E-state index in [9.17, 15) is 14.4 Å². The summed E-state index contributed by atoms with van der Waals surface area (Å²) in [6.07, 6.45) is 1.80. The van der Waals surface area contributed by atoms with E-state index in [1.54, 1.807) is 47.4 Å². The largest absolute Gasteiger partial charge is 0.462 e. The van der Waals surface area contributed by atoms with Crippen molar-refractivity contribution < 1.29 is 19.1 Å². The summed E-state index contributed by atoms with van der Waals surface area (Å²) in [5.74, 6) is -0.611. The second kappa shape index (κ2) is 8.81. The van der Waals surface area contributed by atoms with Crippen molar-refractivity contribution in [1.82, 2.24) is 4.90 Å². The van der Waals surface area contributed by atoms with E-state index in [0.717, 1.165) is 11.3 Å². The van der Waals surface area contributed by atoms with E-state index in [1.807, 2.05) is 17.5 Å². The van der Waals surface area contributed by atoms with Crippen LogP contribution in [0, 0.1) is 0 Å². The number of thiophene rings is 1. The number of ether oxygens (including phenoxy) is 1. The fourth-order valence-electron chi connectivity index (χ4n) is 3.13. The van der Waals surface area contributed by atoms with Gasteiger partial charge in [-0.2, -0.15) is 0 Å². The number of carbonyl (C=O) groups excluding carboxylic acids is 3. The number of anilines is 1. The molecule has 142 valence electrons. The molecule has 1 aliphatic heterocycles. The Morgan fingerprint density at radius 1 is 1.22 bits per heavy atom. The summed E-state index contributed by atoms with van der Waals surface area (Å²) < 4.78 is 4.94. The smallest absolute Gasteiger partial charge is 0.338 e. The summed E-state index contributed by atoms with van der Waals surface area (Å²) in [4.78, 5) is 39.6. The maximum absolute atomic E-state index is 12.7. The first-order chi connectivity index (χ1) is 13.1. The van der Waals surface area contributed by atoms with Crippen LogP contribution in [0.15, 0.2) is 41.8 Å². The summed E-state index contributed by atoms with van der Waals surface area (Å²) in [7, 11) is 0. The molecule has 3 rings (SSSR count). The quantitative estimate of drug-likeness (QED) is 0.774. The molecule has 2 heterocycles. The molecule has 1 atom stereocenters. The second-order valence-electron chi connectivity index (χ2n) is 6.29. The molecule has 6 nitrogen and oxygen atoms in total. The van der Waals surface area contributed by atoms with Gasteiger partial charge in [-0.05, 0) is 55.5 Å². The molecule has 7 heteroatoms. The van der Waals surface area contributed by atoms with Gasteiger partial charge in [0.1, 0.15) is 6.04 Å². The van der Waals surface area contributed by atoms with Crippen molar-refractivity contribution in [2.75, 3.05) is 18.5 Å². The maximum atomic E-state index is 12.7. The third kappa shape index (κ3) is 4.74. The number of hydrogen-bond acceptors (Lipinski definition) is 5. The van der Waals surface area contributed by atoms with Crippen LogP contribution in [0.25, 0.3) is 0 Å². The maximum Gasteiger partial charge on any atom is 0.338 e. The number of carbonyl (C=O) groups is 3. The molecule has 1 aromatic carbocycles. The van der Waals surface area contributed by atoms with Crippen molar-refractivity contribution in [3.05, 3.63) is 52.2 Å². The molecular formula is C20H22N2O4S. The summed E-state index contributed by atoms with van der Waals surface area (Å²) >= 11 is 1.54. The zero-order valence-electron chi connectivity index (χ0n) is 15.1. The molecule has 0 bridgehead atoms. The molecule has 1 aliphatic rings. The van der Waals surface area contributed by atoms with E-state index >= 15 is 0 Å². The van der Waals surface area contributed by atoms with Gasteiger partial charge in [-0.25, -0.2) is 4.79 Å². The lowest BCUT2D eigenvalue weighted by atomic mass is 10.1. The van der Waals surface area contributed by atoms with E-state index in [2.05, 4.69) is 5.32 Å². The van der Waals surface area contributed by atoms with Crippen molar-refractivity contribution in [2.45, 2.75) is 32.2 Å². The molecule has 0 aliphatic carbocycles. The normalized spacial score (nSPS) is 16.2. The molecule has 27 heavy (non-hydrogen) atoms. The van der Waals surface area contributed by atoms with E-state index < -0.39 is 12.0 Å². The second-order valence-corrected chi connectivity index (χ2v) is 7.32. The molecule has 0 spiro atoms. The average Bonchev–Trinajstić information content (AvgIpc) is 3.34. The van der Waals surface area contributed by atoms with Crippen LogP contribution in [-0.4, -0.2) is 41.9 Å². The predicted molar refractivity (Wildman–Crippen MR) is 104 cm³/mol. The van der Waals surface area contributed by atoms with Gasteiger partial charge in [-0.3, -0.25) is 9.59 Å². The molecule has 1 saturated heterocycles. The number of benzene rings is 1. The highest BCUT2D eigenvalue weighted by Crippen LogP contribution is 2.22. The average molecular weight is 386 g/mol. The van der Waals surface area contributed by atoms with Gasteiger partial charge in [0.05, 0.1) is 18.6 Å². The predicted octanol–water partition coefficient (Wildman–Crippen LogP) is 3.10. The summed E-state index contributed by atoms with van der Waals surface area (Å²) in [5, 5.41) is 4.78. The number of nitrogens with zero attached hydrogens (tertiary/aromatic N) is 1. The SMILES string of the molecule is CCOC(=O)c1ccc(NC(=O)C2CCCN2C(=O)Cc2cccs2)cc1. The van der Waals surface area contributed by atoms with Gasteiger partial charge in [0.15, 0.2) is 0 Å². The Hall–Kier alpha value is -2.67. The van der Waals surface area contributed by atoms with Crippen molar-refractivity contribution in [2.24, 2.45) is 0 Å². The lowest BCUT2D eigenvalue weighted by Gasteiger charge is -2.24. The van der Waals surface area contributed by atoms with Crippen LogP contribution in [0.4, 0.5) is 5.69 Å². The van der Waals surface area contributed by atoms with E-state index in [-0.39, 0.29) is 11.8 Å². The molecule has 1 fully saturated rings. The molecule has 1 unspecified atom stereocenters. The Balaban J connectivity index is 1.61. The fraction of sp³-hybridized carbons (Fsp3) is 0.350. The van der Waals surface area contributed by atoms with Gasteiger partial charge in [0, 0.05) is 17.1 Å². The Morgan fingerprint density at radius 3 is 2.67 bits per heavy atom. The minimum Gasteiger partial charge on any atom is -0.462 e. The Morgan fingerprint density at radius 2 is 2.00 bits per heavy atom. The minimum absolute atomic E-state index is 0.0206. The number of hydrogen-bond donors (Lipinski definition) is 1. The van der Waals surface area contributed by atoms with Crippen LogP contribution in [0.5, 0.6) is 0 Å². The standard InChI is InChI=1S/C20H22N2O4S/c1-2-26-20(25)14-7-9-15(10-8-14)21-19(24)17-6-3-11-22(17)18(23)13-16-5-4-12-27-16/h4-5,7-10,12,17H,2-3,6,11,13H2,1H3,(H,21,24). The van der Waals surface area contributed by atoms with Crippen LogP contribution in [-0.2, 0) is 20.7 Å². The number of amides is 2. The third-order valence-corrected chi connectivity index (χ3v) is 5.32. The zero-order valence-corrected chi connectivity index (χ0v) is 16.0. The van der Waals surface area contributed by atoms with Gasteiger partial charge >= 0.3 is 5.97 Å². The van der Waals surface area contributed by atoms with Crippen LogP contribution in [0.3, 0.4) is 0 Å². The van der Waals surface area contributed by atoms with Crippen molar-refractivity contribution >= 4 is 34.8 Å². The molecule has 1 aromatic heterocycles. The van der Waals surface area contributed by atoms with Gasteiger partial charge in [0.25, 0.3) is 0 Å². The zero-order chi connectivity index (χ0) is 19.2. The highest BCUT2D eigenvalue weighted by atomic mass is 32.1. The van der Waals surface area contributed by atoms with Crippen molar-refractivity contribution in [3.8, 4) is 0 Å². The van der Waals surface area contributed by atoms with Gasteiger partial charge in [-0.1, -0.05) is 6.07 Å². The first-order valence-electron chi connectivity index (χ1n) is 8.98. The highest BCUT2D eigenvalue weighted by Gasteiger charge is 2.34. The van der Waals surface area contributed by atoms with E-state index in [1.165, 1.54) is 0 Å². The van der Waals surface area contributed by atoms with E-state index in [4.69, 9.17) is 4.74 Å². The van der Waals surface area contributed by atoms with Crippen LogP contribution < -0.4 is 5.32 Å². The fourth-order valence-corrected chi connectivity index (χ4v) is 3.83. The highest BCUT2D eigenvalue weighted by molar-refractivity contribution is 7.10. The molecule has 1 N–H and O–H groups in total. The van der Waals surface area contributed by atoms with Crippen LogP contribution in [0.2, 0.25) is 0 Å².